The number of fused-ring (bicyclic) bond motifs is 9. The molecule has 0 spiro atoms. The molecule has 0 saturated heterocycles. The van der Waals surface area contributed by atoms with Crippen LogP contribution in [0.25, 0.3) is 88.2 Å². The van der Waals surface area contributed by atoms with Gasteiger partial charge in [0.1, 0.15) is 0 Å². The molecule has 3 heterocycles. The van der Waals surface area contributed by atoms with Gasteiger partial charge in [0.15, 0.2) is 0 Å². The number of benzene rings is 6. The molecule has 9 aromatic rings. The van der Waals surface area contributed by atoms with E-state index in [1.54, 1.807) is 0 Å². The maximum absolute atomic E-state index is 5.60. The third-order valence-corrected chi connectivity index (χ3v) is 10.5. The van der Waals surface area contributed by atoms with E-state index in [0.717, 1.165) is 66.2 Å². The van der Waals surface area contributed by atoms with Crippen molar-refractivity contribution >= 4 is 43.5 Å². The largest absolute Gasteiger partial charge is 0.256 e. The van der Waals surface area contributed by atoms with Crippen LogP contribution in [0.4, 0.5) is 0 Å². The van der Waals surface area contributed by atoms with Gasteiger partial charge in [-0.05, 0) is 63.5 Å². The number of hydrogen-bond acceptors (Lipinski definition) is 3. The molecular formula is C46H31N3. The summed E-state index contributed by atoms with van der Waals surface area (Å²) in [5.41, 5.74) is 14.4. The second kappa shape index (κ2) is 10.4. The van der Waals surface area contributed by atoms with Crippen LogP contribution >= 0.6 is 0 Å². The minimum Gasteiger partial charge on any atom is -0.256 e. The molecule has 3 heteroatoms. The Hall–Kier alpha value is -6.19. The van der Waals surface area contributed by atoms with E-state index in [9.17, 15) is 0 Å². The molecule has 230 valence electrons. The van der Waals surface area contributed by atoms with E-state index in [-0.39, 0.29) is 5.41 Å². The van der Waals surface area contributed by atoms with Gasteiger partial charge in [-0.2, -0.15) is 0 Å². The van der Waals surface area contributed by atoms with Crippen LogP contribution in [-0.2, 0) is 5.41 Å². The molecule has 0 fully saturated rings. The predicted octanol–water partition coefficient (Wildman–Crippen LogP) is 11.8. The molecule has 0 saturated carbocycles. The molecule has 6 aromatic carbocycles. The van der Waals surface area contributed by atoms with Crippen LogP contribution in [0.15, 0.2) is 152 Å². The van der Waals surface area contributed by atoms with E-state index < -0.39 is 0 Å². The van der Waals surface area contributed by atoms with Crippen LogP contribution < -0.4 is 0 Å². The number of hydrogen-bond donors (Lipinski definition) is 0. The minimum atomic E-state index is -0.219. The fraction of sp³-hybridized carbons (Fsp3) is 0.0652. The van der Waals surface area contributed by atoms with E-state index in [4.69, 9.17) is 9.97 Å². The molecule has 10 rings (SSSR count). The van der Waals surface area contributed by atoms with E-state index in [1.807, 2.05) is 18.3 Å². The van der Waals surface area contributed by atoms with Crippen molar-refractivity contribution in [1.29, 1.82) is 0 Å². The van der Waals surface area contributed by atoms with Gasteiger partial charge in [0, 0.05) is 49.8 Å². The Kier molecular flexibility index (Phi) is 5.92. The van der Waals surface area contributed by atoms with Crippen LogP contribution in [0.5, 0.6) is 0 Å². The van der Waals surface area contributed by atoms with Crippen molar-refractivity contribution in [2.75, 3.05) is 0 Å². The van der Waals surface area contributed by atoms with Crippen molar-refractivity contribution in [3.63, 3.8) is 0 Å². The predicted molar refractivity (Wildman–Crippen MR) is 204 cm³/mol. The van der Waals surface area contributed by atoms with Gasteiger partial charge >= 0.3 is 0 Å². The molecule has 0 unspecified atom stereocenters. The molecular weight excluding hydrogens is 595 g/mol. The standard InChI is InChI=1S/C46H31N3/c1-46(2)37-24-23-36-41(28-12-4-3-5-13-28)35-16-6-7-20-40(35)48-44(36)42(37)45-38(46)27-31-21-22-33-32(17-11-18-34(33)43(31)49-45)29-14-10-15-30(26-29)39-19-8-9-25-47-39/h3-27H,1-2H3. The molecule has 0 radical (unpaired) electrons. The fourth-order valence-electron chi connectivity index (χ4n) is 8.07. The van der Waals surface area contributed by atoms with Crippen molar-refractivity contribution < 1.29 is 0 Å². The van der Waals surface area contributed by atoms with Gasteiger partial charge in [-0.1, -0.05) is 129 Å². The number of para-hydroxylation sites is 1. The molecule has 49 heavy (non-hydrogen) atoms. The lowest BCUT2D eigenvalue weighted by atomic mass is 9.81. The van der Waals surface area contributed by atoms with E-state index in [1.165, 1.54) is 33.2 Å². The minimum absolute atomic E-state index is 0.219. The Morgan fingerprint density at radius 1 is 0.469 bits per heavy atom. The molecule has 1 aliphatic carbocycles. The zero-order valence-corrected chi connectivity index (χ0v) is 27.3. The number of rotatable bonds is 3. The summed E-state index contributed by atoms with van der Waals surface area (Å²) in [6, 6.07) is 52.0. The lowest BCUT2D eigenvalue weighted by Crippen LogP contribution is -2.15. The highest BCUT2D eigenvalue weighted by molar-refractivity contribution is 6.16. The number of pyridine rings is 3. The van der Waals surface area contributed by atoms with Gasteiger partial charge in [-0.25, -0.2) is 9.97 Å². The van der Waals surface area contributed by atoms with Gasteiger partial charge in [0.2, 0.25) is 0 Å². The first-order valence-corrected chi connectivity index (χ1v) is 16.9. The summed E-state index contributed by atoms with van der Waals surface area (Å²) in [5.74, 6) is 0. The van der Waals surface area contributed by atoms with Crippen LogP contribution in [0.1, 0.15) is 25.0 Å². The SMILES string of the molecule is CC1(C)c2cc3ccc4c(-c5cccc(-c6ccccn6)c5)cccc4c3nc2-c2c1ccc1c(-c3ccccc3)c3ccccc3nc21. The third kappa shape index (κ3) is 4.12. The normalized spacial score (nSPS) is 13.3. The summed E-state index contributed by atoms with van der Waals surface area (Å²) in [7, 11) is 0. The average molecular weight is 626 g/mol. The van der Waals surface area contributed by atoms with Crippen LogP contribution in [-0.4, -0.2) is 15.0 Å². The lowest BCUT2D eigenvalue weighted by molar-refractivity contribution is 0.660. The molecule has 3 aromatic heterocycles. The molecule has 0 aliphatic heterocycles. The van der Waals surface area contributed by atoms with Gasteiger partial charge < -0.3 is 0 Å². The van der Waals surface area contributed by atoms with Gasteiger partial charge in [-0.15, -0.1) is 0 Å². The maximum Gasteiger partial charge on any atom is 0.0813 e. The van der Waals surface area contributed by atoms with Crippen molar-refractivity contribution in [2.24, 2.45) is 0 Å². The summed E-state index contributed by atoms with van der Waals surface area (Å²) >= 11 is 0. The topological polar surface area (TPSA) is 38.7 Å². The zero-order valence-electron chi connectivity index (χ0n) is 27.3. The number of aromatic nitrogens is 3. The fourth-order valence-corrected chi connectivity index (χ4v) is 8.07. The summed E-state index contributed by atoms with van der Waals surface area (Å²) in [5, 5.41) is 5.81. The second-order valence-corrected chi connectivity index (χ2v) is 13.6. The molecule has 0 N–H and O–H groups in total. The Balaban J connectivity index is 1.24. The first kappa shape index (κ1) is 27.9. The number of nitrogens with zero attached hydrogens (tertiary/aromatic N) is 3. The summed E-state index contributed by atoms with van der Waals surface area (Å²) < 4.78 is 0. The Bertz CT molecular complexity index is 2780. The third-order valence-electron chi connectivity index (χ3n) is 10.5. The van der Waals surface area contributed by atoms with Crippen molar-refractivity contribution in [3.05, 3.63) is 163 Å². The van der Waals surface area contributed by atoms with E-state index in [2.05, 4.69) is 152 Å². The molecule has 0 bridgehead atoms. The monoisotopic (exact) mass is 625 g/mol. The highest BCUT2D eigenvalue weighted by Gasteiger charge is 2.39. The molecule has 0 amide bonds. The van der Waals surface area contributed by atoms with E-state index >= 15 is 0 Å². The Labute approximate surface area is 284 Å². The van der Waals surface area contributed by atoms with Crippen LogP contribution in [0.3, 0.4) is 0 Å². The van der Waals surface area contributed by atoms with Crippen molar-refractivity contribution in [2.45, 2.75) is 19.3 Å². The van der Waals surface area contributed by atoms with E-state index in [0.29, 0.717) is 0 Å². The quantitative estimate of drug-likeness (QED) is 0.145. The zero-order chi connectivity index (χ0) is 32.7. The van der Waals surface area contributed by atoms with Crippen molar-refractivity contribution in [1.82, 2.24) is 15.0 Å². The van der Waals surface area contributed by atoms with Gasteiger partial charge in [0.25, 0.3) is 0 Å². The van der Waals surface area contributed by atoms with Crippen molar-refractivity contribution in [3.8, 4) is 44.8 Å². The Morgan fingerprint density at radius 3 is 2.10 bits per heavy atom. The summed E-state index contributed by atoms with van der Waals surface area (Å²) in [6.07, 6.45) is 1.85. The summed E-state index contributed by atoms with van der Waals surface area (Å²) in [4.78, 5) is 15.6. The molecule has 0 atom stereocenters. The highest BCUT2D eigenvalue weighted by atomic mass is 14.8. The molecule has 1 aliphatic rings. The van der Waals surface area contributed by atoms with Crippen LogP contribution in [0.2, 0.25) is 0 Å². The average Bonchev–Trinajstić information content (AvgIpc) is 3.38. The highest BCUT2D eigenvalue weighted by Crippen LogP contribution is 2.52. The first-order chi connectivity index (χ1) is 24.1. The summed E-state index contributed by atoms with van der Waals surface area (Å²) in [6.45, 7) is 4.65. The second-order valence-electron chi connectivity index (χ2n) is 13.6. The van der Waals surface area contributed by atoms with Gasteiger partial charge in [0.05, 0.1) is 27.9 Å². The lowest BCUT2D eigenvalue weighted by Gasteiger charge is -2.22. The smallest absolute Gasteiger partial charge is 0.0813 e. The maximum atomic E-state index is 5.60. The Morgan fingerprint density at radius 2 is 1.22 bits per heavy atom. The first-order valence-electron chi connectivity index (χ1n) is 16.9. The van der Waals surface area contributed by atoms with Gasteiger partial charge in [-0.3, -0.25) is 4.98 Å². The van der Waals surface area contributed by atoms with Crippen LogP contribution in [0, 0.1) is 0 Å². The molecule has 3 nitrogen and oxygen atoms in total.